The third-order valence-electron chi connectivity index (χ3n) is 6.95. The summed E-state index contributed by atoms with van der Waals surface area (Å²) in [4.78, 5) is 12.3. The van der Waals surface area contributed by atoms with E-state index in [2.05, 4.69) is 43.5 Å². The van der Waals surface area contributed by atoms with Crippen molar-refractivity contribution >= 4 is 5.91 Å². The van der Waals surface area contributed by atoms with Gasteiger partial charge in [0.15, 0.2) is 0 Å². The summed E-state index contributed by atoms with van der Waals surface area (Å²) in [6, 6.07) is -0.812. The molecule has 0 aliphatic carbocycles. The number of rotatable bonds is 27. The zero-order valence-corrected chi connectivity index (χ0v) is 24.8. The Kier molecular flexibility index (Phi) is 27.5. The number of allylic oxidation sites excluding steroid dienone is 5. The zero-order chi connectivity index (χ0) is 28.1. The van der Waals surface area contributed by atoms with Crippen LogP contribution in [0.5, 0.6) is 0 Å². The van der Waals surface area contributed by atoms with Gasteiger partial charge in [0.1, 0.15) is 6.10 Å². The van der Waals surface area contributed by atoms with Gasteiger partial charge in [0.2, 0.25) is 5.91 Å². The molecule has 0 saturated carbocycles. The van der Waals surface area contributed by atoms with Crippen molar-refractivity contribution in [2.45, 2.75) is 161 Å². The van der Waals surface area contributed by atoms with Crippen molar-refractivity contribution in [1.82, 2.24) is 5.32 Å². The molecule has 0 aromatic rings. The quantitative estimate of drug-likeness (QED) is 0.0641. The lowest BCUT2D eigenvalue weighted by atomic mass is 10.0. The number of aliphatic hydroxyl groups is 3. The number of amides is 1. The van der Waals surface area contributed by atoms with Gasteiger partial charge in [-0.25, -0.2) is 0 Å². The largest absolute Gasteiger partial charge is 0.394 e. The molecule has 38 heavy (non-hydrogen) atoms. The Hall–Kier alpha value is -1.43. The van der Waals surface area contributed by atoms with Crippen molar-refractivity contribution in [2.75, 3.05) is 6.61 Å². The molecule has 222 valence electrons. The number of carbonyl (C=O) groups excluding carboxylic acids is 1. The zero-order valence-electron chi connectivity index (χ0n) is 24.8. The van der Waals surface area contributed by atoms with Crippen molar-refractivity contribution < 1.29 is 20.1 Å². The average Bonchev–Trinajstić information content (AvgIpc) is 2.92. The van der Waals surface area contributed by atoms with E-state index in [-0.39, 0.29) is 6.61 Å². The lowest BCUT2D eigenvalue weighted by Crippen LogP contribution is -2.48. The van der Waals surface area contributed by atoms with Crippen molar-refractivity contribution in [2.24, 2.45) is 0 Å². The van der Waals surface area contributed by atoms with Crippen LogP contribution in [0.3, 0.4) is 0 Å². The average molecular weight is 536 g/mol. The number of carbonyl (C=O) groups is 1. The smallest absolute Gasteiger partial charge is 0.249 e. The van der Waals surface area contributed by atoms with E-state index in [0.717, 1.165) is 44.9 Å². The summed E-state index contributed by atoms with van der Waals surface area (Å²) in [7, 11) is 0. The van der Waals surface area contributed by atoms with E-state index < -0.39 is 24.2 Å². The summed E-state index contributed by atoms with van der Waals surface area (Å²) in [6.07, 6.45) is 32.9. The molecule has 3 unspecified atom stereocenters. The Morgan fingerprint density at radius 3 is 1.61 bits per heavy atom. The fraction of sp³-hybridized carbons (Fsp3) is 0.788. The maximum atomic E-state index is 12.3. The van der Waals surface area contributed by atoms with Crippen LogP contribution in [0.25, 0.3) is 0 Å². The summed E-state index contributed by atoms with van der Waals surface area (Å²) in [6.45, 7) is 4.08. The van der Waals surface area contributed by atoms with Gasteiger partial charge in [0.05, 0.1) is 18.8 Å². The van der Waals surface area contributed by atoms with E-state index in [4.69, 9.17) is 0 Å². The predicted molar refractivity (Wildman–Crippen MR) is 162 cm³/mol. The van der Waals surface area contributed by atoms with Crippen LogP contribution >= 0.6 is 0 Å². The highest BCUT2D eigenvalue weighted by Crippen LogP contribution is 2.11. The van der Waals surface area contributed by atoms with E-state index >= 15 is 0 Å². The van der Waals surface area contributed by atoms with Crippen LogP contribution in [0.1, 0.15) is 142 Å². The highest BCUT2D eigenvalue weighted by molar-refractivity contribution is 5.80. The molecule has 0 aliphatic rings. The first-order chi connectivity index (χ1) is 18.6. The minimum Gasteiger partial charge on any atom is -0.394 e. The van der Waals surface area contributed by atoms with Gasteiger partial charge in [-0.05, 0) is 57.8 Å². The molecule has 4 N–H and O–H groups in total. The van der Waals surface area contributed by atoms with Crippen molar-refractivity contribution in [3.05, 3.63) is 36.5 Å². The minimum absolute atomic E-state index is 0.379. The molecule has 5 nitrogen and oxygen atoms in total. The fourth-order valence-corrected chi connectivity index (χ4v) is 4.37. The fourth-order valence-electron chi connectivity index (χ4n) is 4.37. The van der Waals surface area contributed by atoms with Gasteiger partial charge in [-0.3, -0.25) is 4.79 Å². The molecule has 0 aliphatic heterocycles. The topological polar surface area (TPSA) is 89.8 Å². The first kappa shape index (κ1) is 36.6. The lowest BCUT2D eigenvalue weighted by Gasteiger charge is -2.21. The lowest BCUT2D eigenvalue weighted by molar-refractivity contribution is -0.131. The van der Waals surface area contributed by atoms with Gasteiger partial charge in [0, 0.05) is 0 Å². The molecule has 0 saturated heterocycles. The second kappa shape index (κ2) is 28.6. The molecule has 0 spiro atoms. The van der Waals surface area contributed by atoms with Gasteiger partial charge in [0.25, 0.3) is 0 Å². The normalized spacial score (nSPS) is 14.6. The molecule has 1 amide bonds. The highest BCUT2D eigenvalue weighted by atomic mass is 16.3. The Balaban J connectivity index is 3.87. The molecule has 0 aromatic heterocycles. The second-order valence-corrected chi connectivity index (χ2v) is 10.6. The van der Waals surface area contributed by atoms with Crippen LogP contribution in [-0.2, 0) is 4.79 Å². The Bertz CT molecular complexity index is 602. The van der Waals surface area contributed by atoms with E-state index in [1.54, 1.807) is 6.08 Å². The maximum Gasteiger partial charge on any atom is 0.249 e. The number of unbranched alkanes of at least 4 members (excludes halogenated alkanes) is 15. The van der Waals surface area contributed by atoms with Gasteiger partial charge in [-0.1, -0.05) is 121 Å². The van der Waals surface area contributed by atoms with Crippen LogP contribution in [0.2, 0.25) is 0 Å². The number of hydrogen-bond donors (Lipinski definition) is 4. The van der Waals surface area contributed by atoms with Crippen LogP contribution in [-0.4, -0.2) is 46.1 Å². The Morgan fingerprint density at radius 2 is 1.08 bits per heavy atom. The SMILES string of the molecule is CCCCCC/C=C\CCCCCCCCC(O)C(=O)NC(CO)C(O)/C=C/CC/C=C/CCCCCC. The Labute approximate surface area is 234 Å². The van der Waals surface area contributed by atoms with Crippen LogP contribution in [0.4, 0.5) is 0 Å². The van der Waals surface area contributed by atoms with E-state index in [9.17, 15) is 20.1 Å². The molecule has 0 bridgehead atoms. The third kappa shape index (κ3) is 23.7. The van der Waals surface area contributed by atoms with Crippen molar-refractivity contribution in [3.63, 3.8) is 0 Å². The highest BCUT2D eigenvalue weighted by Gasteiger charge is 2.22. The Morgan fingerprint density at radius 1 is 0.632 bits per heavy atom. The summed E-state index contributed by atoms with van der Waals surface area (Å²) in [5.74, 6) is -0.524. The van der Waals surface area contributed by atoms with Crippen molar-refractivity contribution in [1.29, 1.82) is 0 Å². The van der Waals surface area contributed by atoms with Crippen LogP contribution < -0.4 is 5.32 Å². The molecule has 3 atom stereocenters. The standard InChI is InChI=1S/C33H61NO4/c1-3-5-7-9-11-13-15-16-17-18-20-22-24-26-28-32(37)33(38)34-30(29-35)31(36)27-25-23-21-19-14-12-10-8-6-4-2/h13-15,19,25,27,30-32,35-37H,3-12,16-18,20-24,26,28-29H2,1-2H3,(H,34,38)/b15-13-,19-14+,27-25+. The monoisotopic (exact) mass is 535 g/mol. The summed E-state index contributed by atoms with van der Waals surface area (Å²) < 4.78 is 0. The first-order valence-electron chi connectivity index (χ1n) is 15.8. The number of hydrogen-bond acceptors (Lipinski definition) is 4. The summed E-state index contributed by atoms with van der Waals surface area (Å²) in [5.41, 5.74) is 0. The second-order valence-electron chi connectivity index (χ2n) is 10.6. The number of aliphatic hydroxyl groups excluding tert-OH is 3. The maximum absolute atomic E-state index is 12.3. The summed E-state index contributed by atoms with van der Waals surface area (Å²) >= 11 is 0. The first-order valence-corrected chi connectivity index (χ1v) is 15.8. The van der Waals surface area contributed by atoms with E-state index in [0.29, 0.717) is 6.42 Å². The predicted octanol–water partition coefficient (Wildman–Crippen LogP) is 7.70. The van der Waals surface area contributed by atoms with Crippen molar-refractivity contribution in [3.8, 4) is 0 Å². The molecule has 0 fully saturated rings. The summed E-state index contributed by atoms with van der Waals surface area (Å²) in [5, 5.41) is 32.7. The van der Waals surface area contributed by atoms with Crippen LogP contribution in [0.15, 0.2) is 36.5 Å². The molecule has 0 radical (unpaired) electrons. The van der Waals surface area contributed by atoms with Gasteiger partial charge in [-0.2, -0.15) is 0 Å². The molecule has 5 heteroatoms. The molecule has 0 rings (SSSR count). The van der Waals surface area contributed by atoms with Gasteiger partial charge in [-0.15, -0.1) is 0 Å². The minimum atomic E-state index is -1.11. The molecule has 0 heterocycles. The number of nitrogens with one attached hydrogen (secondary N) is 1. The van der Waals surface area contributed by atoms with Crippen LogP contribution in [0, 0.1) is 0 Å². The van der Waals surface area contributed by atoms with E-state index in [1.807, 2.05) is 6.08 Å². The van der Waals surface area contributed by atoms with Gasteiger partial charge >= 0.3 is 0 Å². The third-order valence-corrected chi connectivity index (χ3v) is 6.95. The molecule has 0 aromatic carbocycles. The molecular formula is C33H61NO4. The van der Waals surface area contributed by atoms with Gasteiger partial charge < -0.3 is 20.6 Å². The molecular weight excluding hydrogens is 474 g/mol. The van der Waals surface area contributed by atoms with E-state index in [1.165, 1.54) is 77.0 Å².